The first kappa shape index (κ1) is 19.5. The van der Waals surface area contributed by atoms with Gasteiger partial charge in [0.25, 0.3) is 5.91 Å². The molecule has 0 aliphatic rings. The average Bonchev–Trinajstić information content (AvgIpc) is 3.02. The largest absolute Gasteiger partial charge is 0.345 e. The molecule has 3 aromatic rings. The molecule has 0 atom stereocenters. The number of rotatable bonds is 7. The monoisotopic (exact) mass is 381 g/mol. The van der Waals surface area contributed by atoms with Crippen molar-refractivity contribution in [2.45, 2.75) is 37.7 Å². The lowest BCUT2D eigenvalue weighted by atomic mass is 10.1. The van der Waals surface area contributed by atoms with Gasteiger partial charge in [-0.2, -0.15) is 0 Å². The third kappa shape index (κ3) is 4.72. The van der Waals surface area contributed by atoms with Crippen LogP contribution in [-0.2, 0) is 12.3 Å². The van der Waals surface area contributed by atoms with Gasteiger partial charge >= 0.3 is 0 Å². The van der Waals surface area contributed by atoms with Crippen LogP contribution in [0.3, 0.4) is 0 Å². The molecule has 0 aliphatic carbocycles. The number of hydrogen-bond acceptors (Lipinski definition) is 3. The van der Waals surface area contributed by atoms with E-state index in [0.717, 1.165) is 35.0 Å². The molecule has 5 heteroatoms. The minimum atomic E-state index is 0.0321. The second-order valence-corrected chi connectivity index (χ2v) is 8.34. The van der Waals surface area contributed by atoms with Gasteiger partial charge in [0.2, 0.25) is 0 Å². The molecule has 0 fully saturated rings. The van der Waals surface area contributed by atoms with Gasteiger partial charge in [0.1, 0.15) is 0 Å². The van der Waals surface area contributed by atoms with Crippen LogP contribution in [0.2, 0.25) is 0 Å². The number of benzene rings is 2. The highest BCUT2D eigenvalue weighted by molar-refractivity contribution is 7.98. The van der Waals surface area contributed by atoms with Crippen molar-refractivity contribution < 1.29 is 4.79 Å². The second kappa shape index (κ2) is 8.61. The van der Waals surface area contributed by atoms with E-state index in [1.54, 1.807) is 30.8 Å². The van der Waals surface area contributed by atoms with Crippen molar-refractivity contribution in [1.29, 1.82) is 0 Å². The zero-order valence-corrected chi connectivity index (χ0v) is 17.3. The number of hydrogen-bond donors (Lipinski definition) is 0. The van der Waals surface area contributed by atoms with Crippen LogP contribution < -0.4 is 0 Å². The number of aryl methyl sites for hydroxylation is 1. The van der Waals surface area contributed by atoms with E-state index < -0.39 is 0 Å². The van der Waals surface area contributed by atoms with E-state index in [1.165, 1.54) is 11.1 Å². The van der Waals surface area contributed by atoms with Crippen molar-refractivity contribution in [2.24, 2.45) is 5.92 Å². The van der Waals surface area contributed by atoms with E-state index in [2.05, 4.69) is 36.6 Å². The van der Waals surface area contributed by atoms with Crippen LogP contribution in [0.4, 0.5) is 0 Å². The Balaban J connectivity index is 1.76. The topological polar surface area (TPSA) is 38.1 Å². The molecule has 2 aromatic carbocycles. The molecule has 3 rings (SSSR count). The summed E-state index contributed by atoms with van der Waals surface area (Å²) in [5, 5.41) is 1.06. The minimum absolute atomic E-state index is 0.0321. The van der Waals surface area contributed by atoms with Crippen molar-refractivity contribution >= 4 is 28.7 Å². The minimum Gasteiger partial charge on any atom is -0.345 e. The maximum Gasteiger partial charge on any atom is 0.253 e. The van der Waals surface area contributed by atoms with Crippen molar-refractivity contribution in [3.63, 3.8) is 0 Å². The Kier molecular flexibility index (Phi) is 6.22. The molecule has 0 saturated carbocycles. The van der Waals surface area contributed by atoms with E-state index in [9.17, 15) is 4.79 Å². The summed E-state index contributed by atoms with van der Waals surface area (Å²) in [5.74, 6) is 1.53. The molecule has 1 heterocycles. The van der Waals surface area contributed by atoms with Crippen LogP contribution in [0.1, 0.15) is 36.2 Å². The van der Waals surface area contributed by atoms with Crippen molar-refractivity contribution in [2.75, 3.05) is 14.1 Å². The fourth-order valence-electron chi connectivity index (χ4n) is 2.92. The Bertz CT molecular complexity index is 913. The molecule has 0 N–H and O–H groups in total. The lowest BCUT2D eigenvalue weighted by molar-refractivity contribution is 0.0827. The number of carbonyl (C=O) groups excluding carboxylic acids is 1. The van der Waals surface area contributed by atoms with Crippen molar-refractivity contribution in [3.05, 3.63) is 59.7 Å². The highest BCUT2D eigenvalue weighted by Crippen LogP contribution is 2.27. The Morgan fingerprint density at radius 1 is 1.11 bits per heavy atom. The van der Waals surface area contributed by atoms with Crippen LogP contribution in [0.5, 0.6) is 0 Å². The standard InChI is InChI=1S/C22H27N3OS/c1-16(2)13-14-25-20-8-6-5-7-19(20)23-22(25)27-15-17-9-11-18(12-10-17)21(26)24(3)4/h5-12,16H,13-15H2,1-4H3. The molecule has 27 heavy (non-hydrogen) atoms. The van der Waals surface area contributed by atoms with Crippen molar-refractivity contribution in [3.8, 4) is 0 Å². The van der Waals surface area contributed by atoms with Gasteiger partial charge in [-0.1, -0.05) is 49.9 Å². The molecule has 0 saturated heterocycles. The molecule has 0 unspecified atom stereocenters. The van der Waals surface area contributed by atoms with Gasteiger partial charge in [-0.3, -0.25) is 4.79 Å². The van der Waals surface area contributed by atoms with Crippen LogP contribution in [0, 0.1) is 5.92 Å². The van der Waals surface area contributed by atoms with E-state index in [-0.39, 0.29) is 5.91 Å². The lowest BCUT2D eigenvalue weighted by Gasteiger charge is -2.11. The summed E-state index contributed by atoms with van der Waals surface area (Å²) in [7, 11) is 3.54. The molecule has 142 valence electrons. The van der Waals surface area contributed by atoms with Gasteiger partial charge in [0.15, 0.2) is 5.16 Å². The fraction of sp³-hybridized carbons (Fsp3) is 0.364. The van der Waals surface area contributed by atoms with E-state index in [0.29, 0.717) is 5.92 Å². The van der Waals surface area contributed by atoms with E-state index >= 15 is 0 Å². The molecule has 1 aromatic heterocycles. The summed E-state index contributed by atoms with van der Waals surface area (Å²) < 4.78 is 2.34. The number of fused-ring (bicyclic) bond motifs is 1. The van der Waals surface area contributed by atoms with E-state index in [4.69, 9.17) is 4.98 Å². The molecule has 0 bridgehead atoms. The quantitative estimate of drug-likeness (QED) is 0.536. The van der Waals surface area contributed by atoms with Crippen LogP contribution in [0.25, 0.3) is 11.0 Å². The van der Waals surface area contributed by atoms with Gasteiger partial charge in [0, 0.05) is 32.0 Å². The molecule has 4 nitrogen and oxygen atoms in total. The summed E-state index contributed by atoms with van der Waals surface area (Å²) in [5.41, 5.74) is 4.17. The van der Waals surface area contributed by atoms with E-state index in [1.807, 2.05) is 30.3 Å². The zero-order valence-electron chi connectivity index (χ0n) is 16.5. The smallest absolute Gasteiger partial charge is 0.253 e. The van der Waals surface area contributed by atoms with Gasteiger partial charge in [-0.05, 0) is 42.2 Å². The maximum atomic E-state index is 12.0. The normalized spacial score (nSPS) is 11.3. The Morgan fingerprint density at radius 2 is 1.81 bits per heavy atom. The Morgan fingerprint density at radius 3 is 2.48 bits per heavy atom. The van der Waals surface area contributed by atoms with Crippen molar-refractivity contribution in [1.82, 2.24) is 14.5 Å². The number of carbonyl (C=O) groups is 1. The van der Waals surface area contributed by atoms with Crippen LogP contribution in [0.15, 0.2) is 53.7 Å². The Hall–Kier alpha value is -2.27. The highest BCUT2D eigenvalue weighted by atomic mass is 32.2. The number of aromatic nitrogens is 2. The molecule has 0 spiro atoms. The molecular formula is C22H27N3OS. The second-order valence-electron chi connectivity index (χ2n) is 7.40. The summed E-state index contributed by atoms with van der Waals surface area (Å²) >= 11 is 1.75. The molecular weight excluding hydrogens is 354 g/mol. The first-order chi connectivity index (χ1) is 13.0. The van der Waals surface area contributed by atoms with Gasteiger partial charge in [-0.15, -0.1) is 0 Å². The number of amides is 1. The van der Waals surface area contributed by atoms with Gasteiger partial charge in [0.05, 0.1) is 11.0 Å². The highest BCUT2D eigenvalue weighted by Gasteiger charge is 2.12. The lowest BCUT2D eigenvalue weighted by Crippen LogP contribution is -2.21. The summed E-state index contributed by atoms with van der Waals surface area (Å²) in [6.07, 6.45) is 1.13. The first-order valence-electron chi connectivity index (χ1n) is 9.34. The summed E-state index contributed by atoms with van der Waals surface area (Å²) in [4.78, 5) is 18.5. The zero-order chi connectivity index (χ0) is 19.4. The van der Waals surface area contributed by atoms with Gasteiger partial charge in [-0.25, -0.2) is 4.98 Å². The molecule has 1 amide bonds. The Labute approximate surface area is 165 Å². The summed E-state index contributed by atoms with van der Waals surface area (Å²) in [6, 6.07) is 16.2. The number of thioether (sulfide) groups is 1. The van der Waals surface area contributed by atoms with Crippen LogP contribution in [-0.4, -0.2) is 34.5 Å². The third-order valence-electron chi connectivity index (χ3n) is 4.52. The first-order valence-corrected chi connectivity index (χ1v) is 10.3. The van der Waals surface area contributed by atoms with Crippen LogP contribution >= 0.6 is 11.8 Å². The number of para-hydroxylation sites is 2. The molecule has 0 aliphatic heterocycles. The number of nitrogens with zero attached hydrogens (tertiary/aromatic N) is 3. The fourth-order valence-corrected chi connectivity index (χ4v) is 3.91. The molecule has 0 radical (unpaired) electrons. The predicted octanol–water partition coefficient (Wildman–Crippen LogP) is 5.08. The summed E-state index contributed by atoms with van der Waals surface area (Å²) in [6.45, 7) is 5.49. The SMILES string of the molecule is CC(C)CCn1c(SCc2ccc(C(=O)N(C)C)cc2)nc2ccccc21. The number of imidazole rings is 1. The predicted molar refractivity (Wildman–Crippen MR) is 113 cm³/mol. The van der Waals surface area contributed by atoms with Gasteiger partial charge < -0.3 is 9.47 Å². The maximum absolute atomic E-state index is 12.0. The third-order valence-corrected chi connectivity index (χ3v) is 5.57. The average molecular weight is 382 g/mol.